The molecule has 3 N–H and O–H groups in total. The molecule has 2 aliphatic rings. The first-order chi connectivity index (χ1) is 20.1. The summed E-state index contributed by atoms with van der Waals surface area (Å²) in [5, 5.41) is 2.50. The molecule has 0 radical (unpaired) electrons. The van der Waals surface area contributed by atoms with Crippen LogP contribution in [0.2, 0.25) is 0 Å². The number of pyridine rings is 1. The van der Waals surface area contributed by atoms with E-state index in [1.54, 1.807) is 19.9 Å². The van der Waals surface area contributed by atoms with Crippen molar-refractivity contribution in [2.45, 2.75) is 67.4 Å². The summed E-state index contributed by atoms with van der Waals surface area (Å²) in [6, 6.07) is 0. The molecule has 1 amide bonds. The SMILES string of the molecule is CC(C=CC1=C(C)CCCC1(C)C)=CC=CC(C)=CC(=O)Oc1c(C)ncc(COP(=O)(O)O)c1C=C1SC(=S)NC1=O. The number of carbonyl (C=O) groups excluding carboxylic acids is 2. The summed E-state index contributed by atoms with van der Waals surface area (Å²) in [7, 11) is -4.81. The van der Waals surface area contributed by atoms with Gasteiger partial charge < -0.3 is 19.8 Å². The molecule has 1 saturated heterocycles. The van der Waals surface area contributed by atoms with Gasteiger partial charge in [0.05, 0.1) is 17.2 Å². The van der Waals surface area contributed by atoms with Gasteiger partial charge in [-0.25, -0.2) is 9.36 Å². The number of hydrogen-bond donors (Lipinski definition) is 3. The molecule has 0 saturated carbocycles. The second-order valence-corrected chi connectivity index (χ2v) is 14.0. The number of allylic oxidation sites excluding steroid dienone is 9. The third kappa shape index (κ3) is 10.3. The van der Waals surface area contributed by atoms with Crippen molar-refractivity contribution in [2.24, 2.45) is 5.41 Å². The summed E-state index contributed by atoms with van der Waals surface area (Å²) < 4.78 is 21.9. The maximum absolute atomic E-state index is 12.9. The Balaban J connectivity index is 1.81. The van der Waals surface area contributed by atoms with E-state index in [-0.39, 0.29) is 31.5 Å². The standard InChI is InChI=1S/C31H37N2O7PS2/c1-19(12-13-25-21(3)11-8-14-31(25,5)6)9-7-10-20(2)15-27(34)40-28-22(4)32-17-23(18-39-41(36,37)38)24(28)16-26-29(35)33-30(42)43-26/h7,9-10,12-13,15-17H,8,11,14,18H2,1-6H3,(H,33,35,42)(H2,36,37,38). The molecular weight excluding hydrogens is 607 g/mol. The smallest absolute Gasteiger partial charge is 0.421 e. The molecular formula is C31H37N2O7PS2. The van der Waals surface area contributed by atoms with Crippen molar-refractivity contribution in [2.75, 3.05) is 0 Å². The van der Waals surface area contributed by atoms with E-state index >= 15 is 0 Å². The van der Waals surface area contributed by atoms with Gasteiger partial charge in [0.1, 0.15) is 4.32 Å². The number of thioether (sulfide) groups is 1. The third-order valence-electron chi connectivity index (χ3n) is 6.96. The molecule has 230 valence electrons. The molecule has 9 nitrogen and oxygen atoms in total. The maximum atomic E-state index is 12.9. The van der Waals surface area contributed by atoms with Gasteiger partial charge in [0.15, 0.2) is 5.75 Å². The highest BCUT2D eigenvalue weighted by molar-refractivity contribution is 8.26. The molecule has 1 aromatic heterocycles. The van der Waals surface area contributed by atoms with Gasteiger partial charge in [-0.3, -0.25) is 14.3 Å². The molecule has 12 heteroatoms. The third-order valence-corrected chi connectivity index (χ3v) is 8.59. The Bertz CT molecular complexity index is 1540. The Hall–Kier alpha value is -2.92. The van der Waals surface area contributed by atoms with Crippen molar-refractivity contribution in [1.82, 2.24) is 10.3 Å². The molecule has 0 spiro atoms. The van der Waals surface area contributed by atoms with E-state index in [2.05, 4.69) is 47.7 Å². The maximum Gasteiger partial charge on any atom is 0.469 e. The number of esters is 1. The summed E-state index contributed by atoms with van der Waals surface area (Å²) in [5.41, 5.74) is 5.43. The van der Waals surface area contributed by atoms with E-state index in [0.29, 0.717) is 11.3 Å². The van der Waals surface area contributed by atoms with Crippen molar-refractivity contribution in [3.8, 4) is 5.75 Å². The molecule has 43 heavy (non-hydrogen) atoms. The normalized spacial score (nSPS) is 19.2. The van der Waals surface area contributed by atoms with Gasteiger partial charge >= 0.3 is 13.8 Å². The van der Waals surface area contributed by atoms with Crippen LogP contribution in [-0.2, 0) is 25.3 Å². The second kappa shape index (κ2) is 14.7. The zero-order valence-corrected chi connectivity index (χ0v) is 27.6. The molecule has 1 aromatic rings. The first-order valence-electron chi connectivity index (χ1n) is 13.6. The van der Waals surface area contributed by atoms with Crippen LogP contribution in [0.1, 0.15) is 70.7 Å². The van der Waals surface area contributed by atoms with E-state index in [9.17, 15) is 23.9 Å². The predicted molar refractivity (Wildman–Crippen MR) is 174 cm³/mol. The minimum Gasteiger partial charge on any atom is -0.421 e. The van der Waals surface area contributed by atoms with E-state index in [0.717, 1.165) is 23.8 Å². The van der Waals surface area contributed by atoms with Crippen LogP contribution in [0.3, 0.4) is 0 Å². The largest absolute Gasteiger partial charge is 0.469 e. The second-order valence-electron chi connectivity index (χ2n) is 11.1. The summed E-state index contributed by atoms with van der Waals surface area (Å²) >= 11 is 6.06. The summed E-state index contributed by atoms with van der Waals surface area (Å²) in [6.45, 7) is 11.6. The van der Waals surface area contributed by atoms with Gasteiger partial charge in [-0.15, -0.1) is 0 Å². The lowest BCUT2D eigenvalue weighted by molar-refractivity contribution is -0.129. The van der Waals surface area contributed by atoms with Crippen molar-refractivity contribution >= 4 is 54.1 Å². The number of aromatic nitrogens is 1. The predicted octanol–water partition coefficient (Wildman–Crippen LogP) is 6.93. The van der Waals surface area contributed by atoms with Crippen LogP contribution in [0, 0.1) is 12.3 Å². The van der Waals surface area contributed by atoms with Gasteiger partial charge in [0.2, 0.25) is 0 Å². The van der Waals surface area contributed by atoms with Crippen LogP contribution in [0.15, 0.2) is 69.9 Å². The van der Waals surface area contributed by atoms with Crippen LogP contribution in [-0.4, -0.2) is 31.0 Å². The quantitative estimate of drug-likeness (QED) is 0.0809. The highest BCUT2D eigenvalue weighted by Gasteiger charge is 2.27. The fourth-order valence-corrected chi connectivity index (χ4v) is 6.08. The molecule has 0 aromatic carbocycles. The van der Waals surface area contributed by atoms with Crippen LogP contribution in [0.4, 0.5) is 0 Å². The molecule has 0 atom stereocenters. The van der Waals surface area contributed by atoms with Gasteiger partial charge in [-0.05, 0) is 69.6 Å². The van der Waals surface area contributed by atoms with E-state index < -0.39 is 26.3 Å². The van der Waals surface area contributed by atoms with Crippen molar-refractivity contribution in [3.05, 3.63) is 86.7 Å². The molecule has 3 rings (SSSR count). The first kappa shape index (κ1) is 34.6. The number of amides is 1. The molecule has 0 bridgehead atoms. The Morgan fingerprint density at radius 2 is 1.95 bits per heavy atom. The number of aryl methyl sites for hydroxylation is 1. The number of ether oxygens (including phenoxy) is 1. The number of carbonyl (C=O) groups is 2. The van der Waals surface area contributed by atoms with E-state index in [4.69, 9.17) is 17.0 Å². The number of phosphoric acid groups is 1. The Morgan fingerprint density at radius 3 is 2.58 bits per heavy atom. The molecule has 0 unspecified atom stereocenters. The van der Waals surface area contributed by atoms with Crippen LogP contribution < -0.4 is 10.1 Å². The number of nitrogens with zero attached hydrogens (tertiary/aromatic N) is 1. The summed E-state index contributed by atoms with van der Waals surface area (Å²) in [6.07, 6.45) is 17.5. The summed E-state index contributed by atoms with van der Waals surface area (Å²) in [5.74, 6) is -1.11. The molecule has 2 heterocycles. The van der Waals surface area contributed by atoms with Crippen LogP contribution in [0.5, 0.6) is 5.75 Å². The zero-order chi connectivity index (χ0) is 31.9. The number of rotatable bonds is 10. The highest BCUT2D eigenvalue weighted by atomic mass is 32.2. The van der Waals surface area contributed by atoms with Crippen molar-refractivity contribution < 1.29 is 33.2 Å². The lowest BCUT2D eigenvalue weighted by Gasteiger charge is -2.32. The van der Waals surface area contributed by atoms with E-state index in [1.165, 1.54) is 42.3 Å². The minimum absolute atomic E-state index is 0.0275. The Morgan fingerprint density at radius 1 is 1.23 bits per heavy atom. The first-order valence-corrected chi connectivity index (χ1v) is 16.4. The van der Waals surface area contributed by atoms with Gasteiger partial charge in [0.25, 0.3) is 5.91 Å². The molecule has 1 aliphatic heterocycles. The van der Waals surface area contributed by atoms with Crippen LogP contribution >= 0.6 is 31.8 Å². The molecule has 1 aliphatic carbocycles. The average molecular weight is 645 g/mol. The molecule has 1 fully saturated rings. The lowest BCUT2D eigenvalue weighted by Crippen LogP contribution is -2.19. The summed E-state index contributed by atoms with van der Waals surface area (Å²) in [4.78, 5) is 48.0. The van der Waals surface area contributed by atoms with Gasteiger partial charge in [-0.2, -0.15) is 0 Å². The van der Waals surface area contributed by atoms with Crippen molar-refractivity contribution in [3.63, 3.8) is 0 Å². The number of phosphoric ester groups is 1. The number of nitrogens with one attached hydrogen (secondary N) is 1. The monoisotopic (exact) mass is 644 g/mol. The fourth-order valence-electron chi connectivity index (χ4n) is 4.75. The van der Waals surface area contributed by atoms with E-state index in [1.807, 2.05) is 19.1 Å². The Kier molecular flexibility index (Phi) is 11.8. The number of hydrogen-bond acceptors (Lipinski definition) is 8. The van der Waals surface area contributed by atoms with Gasteiger partial charge in [-0.1, -0.05) is 79.4 Å². The Labute approximate surface area is 262 Å². The highest BCUT2D eigenvalue weighted by Crippen LogP contribution is 2.41. The fraction of sp³-hybridized carbons (Fsp3) is 0.355. The topological polar surface area (TPSA) is 135 Å². The lowest BCUT2D eigenvalue weighted by atomic mass is 9.72. The average Bonchev–Trinajstić information content (AvgIpc) is 3.20. The van der Waals surface area contributed by atoms with Crippen molar-refractivity contribution in [1.29, 1.82) is 0 Å². The van der Waals surface area contributed by atoms with Crippen LogP contribution in [0.25, 0.3) is 6.08 Å². The number of thiocarbonyl (C=S) groups is 1. The van der Waals surface area contributed by atoms with Gasteiger partial charge in [0, 0.05) is 23.4 Å². The zero-order valence-electron chi connectivity index (χ0n) is 25.1. The minimum atomic E-state index is -4.81.